The standard InChI is InChI=1S/C16H18N2O3S/c19-13(15(21)17-10-6-2-1-3-7-10)14(20)16-18-11-8-4-5-9-12(11)22-16/h2,4-6,8-10,13-14,19-20H,1,3,7H2,(H,17,21)/t10-,13+,14+/m1/s1. The number of carbonyl (C=O) groups is 1. The molecule has 1 aromatic carbocycles. The second kappa shape index (κ2) is 6.56. The van der Waals surface area contributed by atoms with Crippen LogP contribution in [-0.2, 0) is 4.79 Å². The van der Waals surface area contributed by atoms with Gasteiger partial charge < -0.3 is 15.5 Å². The fraction of sp³-hybridized carbons (Fsp3) is 0.375. The highest BCUT2D eigenvalue weighted by Crippen LogP contribution is 2.28. The van der Waals surface area contributed by atoms with Gasteiger partial charge in [-0.25, -0.2) is 4.98 Å². The molecule has 2 aromatic rings. The summed E-state index contributed by atoms with van der Waals surface area (Å²) >= 11 is 1.28. The number of amides is 1. The molecule has 116 valence electrons. The average molecular weight is 318 g/mol. The zero-order valence-electron chi connectivity index (χ0n) is 12.0. The normalized spacial score (nSPS) is 20.7. The first-order valence-electron chi connectivity index (χ1n) is 7.34. The van der Waals surface area contributed by atoms with Crippen molar-refractivity contribution in [3.63, 3.8) is 0 Å². The summed E-state index contributed by atoms with van der Waals surface area (Å²) in [5.74, 6) is -0.566. The first kappa shape index (κ1) is 15.1. The van der Waals surface area contributed by atoms with E-state index in [4.69, 9.17) is 0 Å². The van der Waals surface area contributed by atoms with Crippen LogP contribution in [-0.4, -0.2) is 33.3 Å². The number of aromatic nitrogens is 1. The van der Waals surface area contributed by atoms with Gasteiger partial charge in [-0.15, -0.1) is 11.3 Å². The van der Waals surface area contributed by atoms with E-state index in [1.807, 2.05) is 36.4 Å². The van der Waals surface area contributed by atoms with Gasteiger partial charge in [0, 0.05) is 6.04 Å². The van der Waals surface area contributed by atoms with E-state index in [0.29, 0.717) is 5.01 Å². The Kier molecular flexibility index (Phi) is 4.52. The molecule has 0 radical (unpaired) electrons. The first-order chi connectivity index (χ1) is 10.6. The number of fused-ring (bicyclic) bond motifs is 1. The lowest BCUT2D eigenvalue weighted by atomic mass is 10.0. The van der Waals surface area contributed by atoms with Crippen molar-refractivity contribution in [2.75, 3.05) is 0 Å². The molecule has 22 heavy (non-hydrogen) atoms. The number of rotatable bonds is 4. The van der Waals surface area contributed by atoms with E-state index >= 15 is 0 Å². The molecule has 3 rings (SSSR count). The van der Waals surface area contributed by atoms with E-state index in [0.717, 1.165) is 29.5 Å². The monoisotopic (exact) mass is 318 g/mol. The maximum absolute atomic E-state index is 12.1. The van der Waals surface area contributed by atoms with Crippen LogP contribution in [0.3, 0.4) is 0 Å². The Morgan fingerprint density at radius 1 is 1.36 bits per heavy atom. The van der Waals surface area contributed by atoms with Crippen molar-refractivity contribution in [1.82, 2.24) is 10.3 Å². The number of carbonyl (C=O) groups excluding carboxylic acids is 1. The number of hydrogen-bond acceptors (Lipinski definition) is 5. The fourth-order valence-electron chi connectivity index (χ4n) is 2.50. The van der Waals surface area contributed by atoms with Crippen LogP contribution in [0, 0.1) is 0 Å². The summed E-state index contributed by atoms with van der Waals surface area (Å²) in [7, 11) is 0. The fourth-order valence-corrected chi connectivity index (χ4v) is 3.48. The van der Waals surface area contributed by atoms with E-state index in [2.05, 4.69) is 10.3 Å². The minimum Gasteiger partial charge on any atom is -0.383 e. The number of aliphatic hydroxyl groups excluding tert-OH is 2. The van der Waals surface area contributed by atoms with Crippen LogP contribution in [0.1, 0.15) is 30.4 Å². The van der Waals surface area contributed by atoms with Crippen molar-refractivity contribution in [2.24, 2.45) is 0 Å². The van der Waals surface area contributed by atoms with Crippen molar-refractivity contribution in [3.05, 3.63) is 41.4 Å². The van der Waals surface area contributed by atoms with Gasteiger partial charge in [0.2, 0.25) is 0 Å². The molecule has 1 heterocycles. The third kappa shape index (κ3) is 3.19. The van der Waals surface area contributed by atoms with Crippen LogP contribution in [0.25, 0.3) is 10.2 Å². The van der Waals surface area contributed by atoms with Crippen LogP contribution in [0.4, 0.5) is 0 Å². The summed E-state index contributed by atoms with van der Waals surface area (Å²) < 4.78 is 0.916. The van der Waals surface area contributed by atoms with E-state index < -0.39 is 18.1 Å². The van der Waals surface area contributed by atoms with E-state index in [-0.39, 0.29) is 6.04 Å². The molecular formula is C16H18N2O3S. The van der Waals surface area contributed by atoms with Gasteiger partial charge >= 0.3 is 0 Å². The smallest absolute Gasteiger partial charge is 0.252 e. The summed E-state index contributed by atoms with van der Waals surface area (Å²) in [6, 6.07) is 7.40. The van der Waals surface area contributed by atoms with Gasteiger partial charge in [0.15, 0.2) is 6.10 Å². The Morgan fingerprint density at radius 3 is 2.91 bits per heavy atom. The second-order valence-electron chi connectivity index (χ2n) is 5.38. The molecule has 5 nitrogen and oxygen atoms in total. The van der Waals surface area contributed by atoms with Gasteiger partial charge in [-0.3, -0.25) is 4.79 Å². The summed E-state index contributed by atoms with van der Waals surface area (Å²) in [6.45, 7) is 0. The second-order valence-corrected chi connectivity index (χ2v) is 6.45. The number of para-hydroxylation sites is 1. The molecule has 0 spiro atoms. The lowest BCUT2D eigenvalue weighted by molar-refractivity contribution is -0.135. The van der Waals surface area contributed by atoms with Gasteiger partial charge in [-0.1, -0.05) is 24.3 Å². The molecule has 1 amide bonds. The summed E-state index contributed by atoms with van der Waals surface area (Å²) in [5.41, 5.74) is 0.754. The van der Waals surface area contributed by atoms with Crippen LogP contribution in [0.5, 0.6) is 0 Å². The predicted molar refractivity (Wildman–Crippen MR) is 85.5 cm³/mol. The van der Waals surface area contributed by atoms with E-state index in [9.17, 15) is 15.0 Å². The van der Waals surface area contributed by atoms with Gasteiger partial charge in [-0.05, 0) is 31.4 Å². The molecule has 6 heteroatoms. The molecule has 0 saturated carbocycles. The molecule has 0 bridgehead atoms. The lowest BCUT2D eigenvalue weighted by Gasteiger charge is -2.21. The molecule has 3 N–H and O–H groups in total. The molecule has 0 unspecified atom stereocenters. The number of allylic oxidation sites excluding steroid dienone is 1. The van der Waals surface area contributed by atoms with Crippen molar-refractivity contribution < 1.29 is 15.0 Å². The number of hydrogen-bond donors (Lipinski definition) is 3. The van der Waals surface area contributed by atoms with Gasteiger partial charge in [0.25, 0.3) is 5.91 Å². The quantitative estimate of drug-likeness (QED) is 0.752. The zero-order chi connectivity index (χ0) is 15.5. The lowest BCUT2D eigenvalue weighted by Crippen LogP contribution is -2.43. The number of nitrogens with one attached hydrogen (secondary N) is 1. The van der Waals surface area contributed by atoms with Crippen LogP contribution in [0.2, 0.25) is 0 Å². The number of thiazole rings is 1. The van der Waals surface area contributed by atoms with Gasteiger partial charge in [0.05, 0.1) is 10.2 Å². The highest BCUT2D eigenvalue weighted by atomic mass is 32.1. The van der Waals surface area contributed by atoms with E-state index in [1.165, 1.54) is 11.3 Å². The minimum absolute atomic E-state index is 0.0709. The molecule has 1 aromatic heterocycles. The minimum atomic E-state index is -1.52. The number of aliphatic hydroxyl groups is 2. The summed E-state index contributed by atoms with van der Waals surface area (Å²) in [5, 5.41) is 23.4. The highest BCUT2D eigenvalue weighted by molar-refractivity contribution is 7.18. The maximum atomic E-state index is 12.1. The third-order valence-electron chi connectivity index (χ3n) is 3.71. The molecule has 1 aliphatic rings. The first-order valence-corrected chi connectivity index (χ1v) is 8.15. The van der Waals surface area contributed by atoms with Crippen molar-refractivity contribution in [2.45, 2.75) is 37.5 Å². The topological polar surface area (TPSA) is 82.5 Å². The molecule has 0 saturated heterocycles. The summed E-state index contributed by atoms with van der Waals surface area (Å²) in [4.78, 5) is 16.3. The molecule has 3 atom stereocenters. The third-order valence-corrected chi connectivity index (χ3v) is 4.82. The zero-order valence-corrected chi connectivity index (χ0v) is 12.8. The molecule has 0 fully saturated rings. The van der Waals surface area contributed by atoms with E-state index in [1.54, 1.807) is 0 Å². The number of benzene rings is 1. The summed E-state index contributed by atoms with van der Waals surface area (Å²) in [6.07, 6.45) is 4.00. The van der Waals surface area contributed by atoms with Gasteiger partial charge in [-0.2, -0.15) is 0 Å². The van der Waals surface area contributed by atoms with Crippen LogP contribution >= 0.6 is 11.3 Å². The van der Waals surface area contributed by atoms with Crippen LogP contribution in [0.15, 0.2) is 36.4 Å². The Morgan fingerprint density at radius 2 is 2.18 bits per heavy atom. The van der Waals surface area contributed by atoms with Crippen LogP contribution < -0.4 is 5.32 Å². The van der Waals surface area contributed by atoms with Gasteiger partial charge in [0.1, 0.15) is 11.1 Å². The Labute approximate surface area is 132 Å². The van der Waals surface area contributed by atoms with Crippen molar-refractivity contribution in [1.29, 1.82) is 0 Å². The SMILES string of the molecule is O=C(N[C@@H]1C=CCCC1)[C@@H](O)[C@H](O)c1nc2ccccc2s1. The van der Waals surface area contributed by atoms with Crippen molar-refractivity contribution >= 4 is 27.5 Å². The Bertz CT molecular complexity index is 665. The Balaban J connectivity index is 1.70. The molecule has 1 aliphatic carbocycles. The molecule has 0 aliphatic heterocycles. The predicted octanol–water partition coefficient (Wildman–Crippen LogP) is 1.92. The maximum Gasteiger partial charge on any atom is 0.252 e. The Hall–Kier alpha value is -1.76. The largest absolute Gasteiger partial charge is 0.383 e. The highest BCUT2D eigenvalue weighted by Gasteiger charge is 2.29. The van der Waals surface area contributed by atoms with Crippen molar-refractivity contribution in [3.8, 4) is 0 Å². The molecular weight excluding hydrogens is 300 g/mol. The average Bonchev–Trinajstić information content (AvgIpc) is 2.98. The number of nitrogens with zero attached hydrogens (tertiary/aromatic N) is 1.